The number of pyridine rings is 1. The maximum atomic E-state index is 4.88. The normalized spacial score (nSPS) is 23.0. The van der Waals surface area contributed by atoms with Crippen LogP contribution in [0.1, 0.15) is 11.9 Å². The van der Waals surface area contributed by atoms with Crippen LogP contribution >= 0.6 is 0 Å². The van der Waals surface area contributed by atoms with Crippen LogP contribution in [0, 0.1) is 0 Å². The highest BCUT2D eigenvalue weighted by atomic mass is 15.3. The highest BCUT2D eigenvalue weighted by molar-refractivity contribution is 6.06. The largest absolute Gasteiger partial charge is 0.332 e. The minimum Gasteiger partial charge on any atom is -0.332 e. The summed E-state index contributed by atoms with van der Waals surface area (Å²) in [6.07, 6.45) is 10.2. The molecule has 0 saturated heterocycles. The summed E-state index contributed by atoms with van der Waals surface area (Å²) in [6, 6.07) is 16.6. The van der Waals surface area contributed by atoms with Gasteiger partial charge in [0.15, 0.2) is 6.17 Å². The van der Waals surface area contributed by atoms with E-state index in [4.69, 9.17) is 4.99 Å². The quantitative estimate of drug-likeness (QED) is 0.837. The maximum Gasteiger partial charge on any atom is 0.165 e. The summed E-state index contributed by atoms with van der Waals surface area (Å²) in [7, 11) is 0. The summed E-state index contributed by atoms with van der Waals surface area (Å²) >= 11 is 0. The van der Waals surface area contributed by atoms with Crippen LogP contribution in [-0.2, 0) is 0 Å². The number of aliphatic imine (C=N–C) groups is 1. The summed E-state index contributed by atoms with van der Waals surface area (Å²) in [5.74, 6) is 0. The van der Waals surface area contributed by atoms with Crippen molar-refractivity contribution in [2.24, 2.45) is 4.99 Å². The van der Waals surface area contributed by atoms with E-state index in [0.717, 1.165) is 17.1 Å². The zero-order valence-corrected chi connectivity index (χ0v) is 11.5. The standard InChI is InChI=1S/C18H15N3/c1-2-8-14(9-3-1)21-17-12-5-4-10-15(17)20-18(21)16-11-6-7-13-19-16/h1-13,17-18H. The van der Waals surface area contributed by atoms with Crippen molar-refractivity contribution in [3.63, 3.8) is 0 Å². The second kappa shape index (κ2) is 5.02. The lowest BCUT2D eigenvalue weighted by Gasteiger charge is -2.30. The lowest BCUT2D eigenvalue weighted by atomic mass is 10.1. The van der Waals surface area contributed by atoms with Gasteiger partial charge in [0.1, 0.15) is 0 Å². The molecule has 3 heteroatoms. The Kier molecular flexibility index (Phi) is 2.89. The Morgan fingerprint density at radius 1 is 0.905 bits per heavy atom. The van der Waals surface area contributed by atoms with Crippen LogP contribution in [0.4, 0.5) is 5.69 Å². The van der Waals surface area contributed by atoms with Crippen molar-refractivity contribution in [1.82, 2.24) is 4.98 Å². The average molecular weight is 273 g/mol. The summed E-state index contributed by atoms with van der Waals surface area (Å²) in [4.78, 5) is 11.7. The van der Waals surface area contributed by atoms with Gasteiger partial charge in [0, 0.05) is 11.9 Å². The number of rotatable bonds is 2. The number of allylic oxidation sites excluding steroid dienone is 2. The SMILES string of the molecule is C1=CC2=NC(c3ccccn3)N(c3ccccc3)C2C=C1. The molecule has 2 heterocycles. The molecule has 2 aromatic rings. The number of aromatic nitrogens is 1. The van der Waals surface area contributed by atoms with Gasteiger partial charge in [-0.05, 0) is 30.3 Å². The molecule has 0 saturated carbocycles. The van der Waals surface area contributed by atoms with E-state index in [-0.39, 0.29) is 12.2 Å². The molecule has 0 fully saturated rings. The van der Waals surface area contributed by atoms with Crippen molar-refractivity contribution in [2.75, 3.05) is 4.90 Å². The van der Waals surface area contributed by atoms with Gasteiger partial charge in [-0.15, -0.1) is 0 Å². The Bertz CT molecular complexity index is 717. The molecule has 0 spiro atoms. The Hall–Kier alpha value is -2.68. The molecule has 0 N–H and O–H groups in total. The molecule has 102 valence electrons. The van der Waals surface area contributed by atoms with E-state index >= 15 is 0 Å². The first-order chi connectivity index (χ1) is 10.4. The fourth-order valence-electron chi connectivity index (χ4n) is 2.87. The smallest absolute Gasteiger partial charge is 0.165 e. The summed E-state index contributed by atoms with van der Waals surface area (Å²) in [6.45, 7) is 0. The van der Waals surface area contributed by atoms with Crippen LogP contribution in [-0.4, -0.2) is 16.7 Å². The van der Waals surface area contributed by atoms with Crippen LogP contribution in [0.15, 0.2) is 84.0 Å². The topological polar surface area (TPSA) is 28.5 Å². The van der Waals surface area contributed by atoms with E-state index in [0.29, 0.717) is 0 Å². The fourth-order valence-corrected chi connectivity index (χ4v) is 2.87. The van der Waals surface area contributed by atoms with Gasteiger partial charge in [0.05, 0.1) is 17.4 Å². The van der Waals surface area contributed by atoms with E-state index in [9.17, 15) is 0 Å². The molecule has 21 heavy (non-hydrogen) atoms. The summed E-state index contributed by atoms with van der Waals surface area (Å²) in [5.41, 5.74) is 3.24. The number of hydrogen-bond acceptors (Lipinski definition) is 3. The molecule has 4 rings (SSSR count). The number of hydrogen-bond donors (Lipinski definition) is 0. The third kappa shape index (κ3) is 2.07. The predicted octanol–water partition coefficient (Wildman–Crippen LogP) is 3.54. The Labute approximate surface area is 124 Å². The van der Waals surface area contributed by atoms with Crippen molar-refractivity contribution < 1.29 is 0 Å². The monoisotopic (exact) mass is 273 g/mol. The van der Waals surface area contributed by atoms with Gasteiger partial charge in [-0.1, -0.05) is 42.5 Å². The van der Waals surface area contributed by atoms with Gasteiger partial charge in [0.2, 0.25) is 0 Å². The first-order valence-corrected chi connectivity index (χ1v) is 7.10. The van der Waals surface area contributed by atoms with Gasteiger partial charge < -0.3 is 4.90 Å². The highest BCUT2D eigenvalue weighted by Crippen LogP contribution is 2.36. The summed E-state index contributed by atoms with van der Waals surface area (Å²) < 4.78 is 0. The third-order valence-corrected chi connectivity index (χ3v) is 3.82. The van der Waals surface area contributed by atoms with Crippen LogP contribution in [0.3, 0.4) is 0 Å². The number of nitrogens with zero attached hydrogens (tertiary/aromatic N) is 3. The number of fused-ring (bicyclic) bond motifs is 1. The van der Waals surface area contributed by atoms with E-state index < -0.39 is 0 Å². The van der Waals surface area contributed by atoms with Gasteiger partial charge >= 0.3 is 0 Å². The predicted molar refractivity (Wildman–Crippen MR) is 85.4 cm³/mol. The molecular weight excluding hydrogens is 258 g/mol. The zero-order chi connectivity index (χ0) is 14.1. The third-order valence-electron chi connectivity index (χ3n) is 3.82. The van der Waals surface area contributed by atoms with Crippen LogP contribution in [0.5, 0.6) is 0 Å². The number of para-hydroxylation sites is 1. The zero-order valence-electron chi connectivity index (χ0n) is 11.5. The van der Waals surface area contributed by atoms with E-state index in [1.807, 2.05) is 36.5 Å². The minimum absolute atomic E-state index is 0.0685. The second-order valence-corrected chi connectivity index (χ2v) is 5.11. The molecule has 2 aliphatic rings. The van der Waals surface area contributed by atoms with Crippen molar-refractivity contribution >= 4 is 11.4 Å². The molecule has 2 atom stereocenters. The lowest BCUT2D eigenvalue weighted by molar-refractivity contribution is 0.675. The van der Waals surface area contributed by atoms with E-state index in [1.165, 1.54) is 0 Å². The molecule has 2 unspecified atom stereocenters. The van der Waals surface area contributed by atoms with E-state index in [1.54, 1.807) is 0 Å². The summed E-state index contributed by atoms with van der Waals surface area (Å²) in [5, 5.41) is 0. The van der Waals surface area contributed by atoms with Gasteiger partial charge in [0.25, 0.3) is 0 Å². The van der Waals surface area contributed by atoms with Crippen LogP contribution in [0.2, 0.25) is 0 Å². The Balaban J connectivity index is 1.82. The highest BCUT2D eigenvalue weighted by Gasteiger charge is 2.35. The minimum atomic E-state index is -0.0685. The molecule has 1 aromatic heterocycles. The fraction of sp³-hybridized carbons (Fsp3) is 0.111. The molecular formula is C18H15N3. The average Bonchev–Trinajstić information content (AvgIpc) is 2.96. The maximum absolute atomic E-state index is 4.88. The van der Waals surface area contributed by atoms with Crippen molar-refractivity contribution in [2.45, 2.75) is 12.2 Å². The molecule has 1 aliphatic heterocycles. The molecule has 1 aliphatic carbocycles. The second-order valence-electron chi connectivity index (χ2n) is 5.11. The van der Waals surface area contributed by atoms with Crippen molar-refractivity contribution in [3.05, 3.63) is 84.7 Å². The van der Waals surface area contributed by atoms with E-state index in [2.05, 4.69) is 52.4 Å². The van der Waals surface area contributed by atoms with Crippen LogP contribution < -0.4 is 4.90 Å². The van der Waals surface area contributed by atoms with Gasteiger partial charge in [-0.25, -0.2) is 0 Å². The van der Waals surface area contributed by atoms with Crippen molar-refractivity contribution in [3.8, 4) is 0 Å². The van der Waals surface area contributed by atoms with Gasteiger partial charge in [-0.2, -0.15) is 0 Å². The Morgan fingerprint density at radius 2 is 1.76 bits per heavy atom. The first kappa shape index (κ1) is 12.1. The molecule has 1 aromatic carbocycles. The van der Waals surface area contributed by atoms with Crippen LogP contribution in [0.25, 0.3) is 0 Å². The molecule has 0 amide bonds. The molecule has 0 bridgehead atoms. The van der Waals surface area contributed by atoms with Crippen molar-refractivity contribution in [1.29, 1.82) is 0 Å². The number of anilines is 1. The number of benzene rings is 1. The lowest BCUT2D eigenvalue weighted by Crippen LogP contribution is -2.36. The molecule has 3 nitrogen and oxygen atoms in total. The molecule has 0 radical (unpaired) electrons. The Morgan fingerprint density at radius 3 is 2.57 bits per heavy atom. The first-order valence-electron chi connectivity index (χ1n) is 7.10. The van der Waals surface area contributed by atoms with Gasteiger partial charge in [-0.3, -0.25) is 9.98 Å².